The molecule has 2 aromatic rings. The van der Waals surface area contributed by atoms with Gasteiger partial charge in [-0.05, 0) is 75.3 Å². The summed E-state index contributed by atoms with van der Waals surface area (Å²) in [5, 5.41) is 9.21. The fourth-order valence-electron chi connectivity index (χ4n) is 2.56. The standard InChI is InChI=1S/C22H29NOS/c1-17-9-10-19(15-18(17)2)7-5-4-6-8-20-11-12-21(25-20)13-14-22(3,23)16-24/h9-12,15,24H,4-5,7,13-14,16,23H2,1-3H3. The molecule has 0 radical (unpaired) electrons. The van der Waals surface area contributed by atoms with Crippen LogP contribution in [0.3, 0.4) is 0 Å². The Morgan fingerprint density at radius 2 is 1.92 bits per heavy atom. The molecule has 1 aromatic heterocycles. The number of aliphatic hydroxyl groups excluding tert-OH is 1. The first kappa shape index (κ1) is 19.7. The van der Waals surface area contributed by atoms with Gasteiger partial charge in [-0.1, -0.05) is 30.0 Å². The molecular formula is C22H29NOS. The summed E-state index contributed by atoms with van der Waals surface area (Å²) in [5.41, 5.74) is 9.60. The Hall–Kier alpha value is -1.60. The fraction of sp³-hybridized carbons (Fsp3) is 0.455. The SMILES string of the molecule is Cc1ccc(CCCC#Cc2ccc(CCC(C)(N)CO)s2)cc1C. The molecule has 0 saturated carbocycles. The molecule has 0 amide bonds. The number of unbranched alkanes of at least 4 members (excludes halogenated alkanes) is 1. The molecule has 0 fully saturated rings. The third-order valence-electron chi connectivity index (χ3n) is 4.52. The topological polar surface area (TPSA) is 46.2 Å². The van der Waals surface area contributed by atoms with Crippen LogP contribution in [-0.2, 0) is 12.8 Å². The van der Waals surface area contributed by atoms with E-state index in [9.17, 15) is 5.11 Å². The maximum atomic E-state index is 9.21. The number of benzene rings is 1. The second-order valence-electron chi connectivity index (χ2n) is 7.15. The highest BCUT2D eigenvalue weighted by molar-refractivity contribution is 7.12. The third-order valence-corrected chi connectivity index (χ3v) is 5.58. The van der Waals surface area contributed by atoms with Crippen LogP contribution in [-0.4, -0.2) is 17.3 Å². The van der Waals surface area contributed by atoms with Crippen LogP contribution in [0.4, 0.5) is 0 Å². The molecule has 0 spiro atoms. The average Bonchev–Trinajstić information content (AvgIpc) is 3.04. The van der Waals surface area contributed by atoms with Gasteiger partial charge >= 0.3 is 0 Å². The van der Waals surface area contributed by atoms with Gasteiger partial charge in [-0.2, -0.15) is 0 Å². The molecule has 0 bridgehead atoms. The van der Waals surface area contributed by atoms with Crippen molar-refractivity contribution in [2.75, 3.05) is 6.61 Å². The Morgan fingerprint density at radius 1 is 1.12 bits per heavy atom. The fourth-order valence-corrected chi connectivity index (χ4v) is 3.44. The van der Waals surface area contributed by atoms with E-state index >= 15 is 0 Å². The first-order valence-electron chi connectivity index (χ1n) is 8.93. The number of hydrogen-bond donors (Lipinski definition) is 2. The molecule has 0 aliphatic carbocycles. The zero-order valence-electron chi connectivity index (χ0n) is 15.6. The maximum absolute atomic E-state index is 9.21. The highest BCUT2D eigenvalue weighted by atomic mass is 32.1. The molecule has 2 nitrogen and oxygen atoms in total. The Bertz CT molecular complexity index is 749. The summed E-state index contributed by atoms with van der Waals surface area (Å²) in [6.45, 7) is 6.22. The van der Waals surface area contributed by atoms with Crippen LogP contribution in [0.15, 0.2) is 30.3 Å². The van der Waals surface area contributed by atoms with Crippen LogP contribution in [0.5, 0.6) is 0 Å². The smallest absolute Gasteiger partial charge is 0.0771 e. The lowest BCUT2D eigenvalue weighted by molar-refractivity contribution is 0.201. The molecule has 1 aromatic carbocycles. The molecule has 0 saturated heterocycles. The Kier molecular flexibility index (Phi) is 7.25. The van der Waals surface area contributed by atoms with Crippen molar-refractivity contribution >= 4 is 11.3 Å². The van der Waals surface area contributed by atoms with Gasteiger partial charge in [0.15, 0.2) is 0 Å². The van der Waals surface area contributed by atoms with Gasteiger partial charge in [0, 0.05) is 16.8 Å². The predicted octanol–water partition coefficient (Wildman–Crippen LogP) is 4.38. The van der Waals surface area contributed by atoms with Gasteiger partial charge in [-0.15, -0.1) is 11.3 Å². The van der Waals surface area contributed by atoms with E-state index in [0.717, 1.165) is 37.0 Å². The molecule has 134 valence electrons. The van der Waals surface area contributed by atoms with Gasteiger partial charge in [0.2, 0.25) is 0 Å². The van der Waals surface area contributed by atoms with Crippen molar-refractivity contribution in [1.29, 1.82) is 0 Å². The van der Waals surface area contributed by atoms with E-state index in [2.05, 4.69) is 56.0 Å². The van der Waals surface area contributed by atoms with Crippen LogP contribution < -0.4 is 5.73 Å². The molecule has 2 rings (SSSR count). The van der Waals surface area contributed by atoms with Crippen molar-refractivity contribution in [3.05, 3.63) is 56.8 Å². The van der Waals surface area contributed by atoms with E-state index in [4.69, 9.17) is 5.73 Å². The highest BCUT2D eigenvalue weighted by Gasteiger charge is 2.16. The number of nitrogens with two attached hydrogens (primary N) is 1. The van der Waals surface area contributed by atoms with Crippen molar-refractivity contribution in [3.8, 4) is 11.8 Å². The second kappa shape index (κ2) is 9.20. The zero-order valence-corrected chi connectivity index (χ0v) is 16.4. The van der Waals surface area contributed by atoms with Gasteiger partial charge < -0.3 is 10.8 Å². The van der Waals surface area contributed by atoms with Crippen molar-refractivity contribution in [2.45, 2.75) is 58.4 Å². The van der Waals surface area contributed by atoms with Gasteiger partial charge in [-0.25, -0.2) is 0 Å². The summed E-state index contributed by atoms with van der Waals surface area (Å²) in [5.74, 6) is 6.56. The number of hydrogen-bond acceptors (Lipinski definition) is 3. The minimum absolute atomic E-state index is 0.0194. The van der Waals surface area contributed by atoms with Gasteiger partial charge in [0.1, 0.15) is 0 Å². The first-order valence-corrected chi connectivity index (χ1v) is 9.75. The number of aryl methyl sites for hydroxylation is 4. The molecule has 0 aliphatic rings. The molecule has 3 N–H and O–H groups in total. The Morgan fingerprint density at radius 3 is 2.64 bits per heavy atom. The Labute approximate surface area is 156 Å². The molecular weight excluding hydrogens is 326 g/mol. The quantitative estimate of drug-likeness (QED) is 0.572. The van der Waals surface area contributed by atoms with E-state index in [1.54, 1.807) is 11.3 Å². The Balaban J connectivity index is 1.77. The lowest BCUT2D eigenvalue weighted by Crippen LogP contribution is -2.40. The monoisotopic (exact) mass is 355 g/mol. The van der Waals surface area contributed by atoms with E-state index in [1.165, 1.54) is 21.6 Å². The molecule has 1 heterocycles. The summed E-state index contributed by atoms with van der Waals surface area (Å²) in [4.78, 5) is 2.40. The minimum atomic E-state index is -0.496. The van der Waals surface area contributed by atoms with Crippen LogP contribution in [0.25, 0.3) is 0 Å². The molecule has 1 atom stereocenters. The average molecular weight is 356 g/mol. The second-order valence-corrected chi connectivity index (χ2v) is 8.32. The number of thiophene rings is 1. The zero-order chi connectivity index (χ0) is 18.3. The molecule has 3 heteroatoms. The molecule has 0 aliphatic heterocycles. The summed E-state index contributed by atoms with van der Waals surface area (Å²) in [6, 6.07) is 10.9. The predicted molar refractivity (Wildman–Crippen MR) is 108 cm³/mol. The highest BCUT2D eigenvalue weighted by Crippen LogP contribution is 2.20. The van der Waals surface area contributed by atoms with Crippen LogP contribution in [0, 0.1) is 25.7 Å². The van der Waals surface area contributed by atoms with Gasteiger partial charge in [-0.3, -0.25) is 0 Å². The van der Waals surface area contributed by atoms with Crippen molar-refractivity contribution in [1.82, 2.24) is 0 Å². The molecule has 25 heavy (non-hydrogen) atoms. The first-order chi connectivity index (χ1) is 11.9. The summed E-state index contributed by atoms with van der Waals surface area (Å²) in [7, 11) is 0. The number of aliphatic hydroxyl groups is 1. The largest absolute Gasteiger partial charge is 0.394 e. The molecule has 1 unspecified atom stereocenters. The van der Waals surface area contributed by atoms with E-state index in [1.807, 2.05) is 6.92 Å². The van der Waals surface area contributed by atoms with Crippen molar-refractivity contribution in [3.63, 3.8) is 0 Å². The van der Waals surface area contributed by atoms with E-state index in [-0.39, 0.29) is 6.61 Å². The van der Waals surface area contributed by atoms with Gasteiger partial charge in [0.25, 0.3) is 0 Å². The van der Waals surface area contributed by atoms with Crippen LogP contribution in [0.1, 0.15) is 52.6 Å². The normalized spacial score (nSPS) is 13.2. The maximum Gasteiger partial charge on any atom is 0.0771 e. The lowest BCUT2D eigenvalue weighted by Gasteiger charge is -2.20. The van der Waals surface area contributed by atoms with E-state index < -0.39 is 5.54 Å². The lowest BCUT2D eigenvalue weighted by atomic mass is 9.98. The van der Waals surface area contributed by atoms with Gasteiger partial charge in [0.05, 0.1) is 11.5 Å². The van der Waals surface area contributed by atoms with Crippen molar-refractivity contribution in [2.24, 2.45) is 5.73 Å². The van der Waals surface area contributed by atoms with E-state index in [0.29, 0.717) is 0 Å². The third kappa shape index (κ3) is 6.66. The minimum Gasteiger partial charge on any atom is -0.394 e. The van der Waals surface area contributed by atoms with Crippen molar-refractivity contribution < 1.29 is 5.11 Å². The van der Waals surface area contributed by atoms with Crippen LogP contribution >= 0.6 is 11.3 Å². The number of rotatable bonds is 7. The summed E-state index contributed by atoms with van der Waals surface area (Å²) in [6.07, 6.45) is 4.78. The summed E-state index contributed by atoms with van der Waals surface area (Å²) >= 11 is 1.73. The summed E-state index contributed by atoms with van der Waals surface area (Å²) < 4.78 is 0. The van der Waals surface area contributed by atoms with Crippen LogP contribution in [0.2, 0.25) is 0 Å².